The maximum Gasteiger partial charge on any atom is 0.328 e. The van der Waals surface area contributed by atoms with E-state index >= 15 is 0 Å². The van der Waals surface area contributed by atoms with Gasteiger partial charge in [-0.3, -0.25) is 4.79 Å². The summed E-state index contributed by atoms with van der Waals surface area (Å²) in [6.07, 6.45) is 4.70. The normalized spacial score (nSPS) is 14.7. The molecule has 2 aromatic rings. The van der Waals surface area contributed by atoms with Gasteiger partial charge >= 0.3 is 12.0 Å². The first kappa shape index (κ1) is 26.4. The summed E-state index contributed by atoms with van der Waals surface area (Å²) in [5, 5.41) is 8.80. The Morgan fingerprint density at radius 2 is 1.56 bits per heavy atom. The Bertz CT molecular complexity index is 1070. The van der Waals surface area contributed by atoms with Gasteiger partial charge in [-0.15, -0.1) is 0 Å². The highest BCUT2D eigenvalue weighted by molar-refractivity contribution is 6.42. The molecule has 3 amide bonds. The highest BCUT2D eigenvalue weighted by atomic mass is 35.5. The minimum atomic E-state index is -0.790. The fraction of sp³-hybridized carbons (Fsp3) is 0.348. The lowest BCUT2D eigenvalue weighted by Gasteiger charge is -2.29. The number of carbonyl (C=O) groups is 3. The summed E-state index contributed by atoms with van der Waals surface area (Å²) >= 11 is 24.2. The van der Waals surface area contributed by atoms with Crippen LogP contribution in [0.3, 0.4) is 0 Å². The molecular formula is C23H23Cl4N3O4. The topological polar surface area (TPSA) is 96.5 Å². The Morgan fingerprint density at radius 3 is 2.18 bits per heavy atom. The van der Waals surface area contributed by atoms with E-state index in [1.807, 2.05) is 0 Å². The fourth-order valence-corrected chi connectivity index (χ4v) is 5.01. The first-order chi connectivity index (χ1) is 16.2. The van der Waals surface area contributed by atoms with Crippen LogP contribution in [0, 0.1) is 5.92 Å². The molecule has 0 saturated heterocycles. The van der Waals surface area contributed by atoms with Gasteiger partial charge in [0.15, 0.2) is 0 Å². The van der Waals surface area contributed by atoms with Gasteiger partial charge in [0.05, 0.1) is 34.1 Å². The van der Waals surface area contributed by atoms with Crippen LogP contribution in [0.2, 0.25) is 20.1 Å². The second-order valence-electron chi connectivity index (χ2n) is 7.89. The lowest BCUT2D eigenvalue weighted by Crippen LogP contribution is -2.47. The summed E-state index contributed by atoms with van der Waals surface area (Å²) in [6.45, 7) is 0. The Morgan fingerprint density at radius 1 is 0.912 bits per heavy atom. The number of halogens is 4. The van der Waals surface area contributed by atoms with Crippen LogP contribution in [-0.4, -0.2) is 31.1 Å². The number of hydrogen-bond donors (Lipinski definition) is 3. The summed E-state index contributed by atoms with van der Waals surface area (Å²) in [4.78, 5) is 38.2. The smallest absolute Gasteiger partial charge is 0.328 e. The molecule has 3 rings (SSSR count). The Hall–Kier alpha value is -2.19. The molecule has 0 radical (unpaired) electrons. The lowest BCUT2D eigenvalue weighted by molar-refractivity contribution is -0.144. The molecular weight excluding hydrogens is 524 g/mol. The van der Waals surface area contributed by atoms with Crippen LogP contribution >= 0.6 is 46.4 Å². The fourth-order valence-electron chi connectivity index (χ4n) is 3.93. The van der Waals surface area contributed by atoms with Gasteiger partial charge in [-0.2, -0.15) is 0 Å². The van der Waals surface area contributed by atoms with E-state index in [4.69, 9.17) is 51.1 Å². The van der Waals surface area contributed by atoms with E-state index in [2.05, 4.69) is 16.0 Å². The van der Waals surface area contributed by atoms with Gasteiger partial charge in [-0.05, 0) is 49.1 Å². The second kappa shape index (κ2) is 12.0. The van der Waals surface area contributed by atoms with Crippen molar-refractivity contribution in [3.63, 3.8) is 0 Å². The molecule has 1 aliphatic carbocycles. The van der Waals surface area contributed by atoms with Crippen LogP contribution in [0.4, 0.5) is 16.2 Å². The average Bonchev–Trinajstić information content (AvgIpc) is 2.80. The Balaban J connectivity index is 1.80. The maximum atomic E-state index is 13.1. The molecule has 7 nitrogen and oxygen atoms in total. The maximum absolute atomic E-state index is 13.1. The molecule has 11 heteroatoms. The van der Waals surface area contributed by atoms with Crippen LogP contribution < -0.4 is 16.0 Å². The lowest BCUT2D eigenvalue weighted by atomic mass is 9.83. The van der Waals surface area contributed by atoms with Crippen molar-refractivity contribution in [1.82, 2.24) is 5.32 Å². The SMILES string of the molecule is COC(=O)[C@@H](NC(=O)c1ccc(Cl)cc1NC(=O)Nc1c(Cl)cc(Cl)cc1Cl)C1CCCCC1. The highest BCUT2D eigenvalue weighted by Crippen LogP contribution is 2.34. The van der Waals surface area contributed by atoms with Crippen molar-refractivity contribution in [3.05, 3.63) is 56.0 Å². The van der Waals surface area contributed by atoms with E-state index in [9.17, 15) is 14.4 Å². The van der Waals surface area contributed by atoms with Crippen molar-refractivity contribution in [2.45, 2.75) is 38.1 Å². The third kappa shape index (κ3) is 6.69. The van der Waals surface area contributed by atoms with Crippen LogP contribution in [0.5, 0.6) is 0 Å². The number of benzene rings is 2. The first-order valence-corrected chi connectivity index (χ1v) is 12.1. The standard InChI is InChI=1S/C23H23Cl4N3O4/c1-34-22(32)19(12-5-3-2-4-6-12)29-21(31)15-8-7-13(24)11-18(15)28-23(33)30-20-16(26)9-14(25)10-17(20)27/h7-12,19H,2-6H2,1H3,(H,29,31)(H2,28,30,33)/t19-/m0/s1. The monoisotopic (exact) mass is 545 g/mol. The van der Waals surface area contributed by atoms with Crippen LogP contribution in [0.15, 0.2) is 30.3 Å². The van der Waals surface area contributed by atoms with Gasteiger partial charge in [0.25, 0.3) is 5.91 Å². The molecule has 0 heterocycles. The zero-order chi connectivity index (χ0) is 24.8. The number of nitrogens with one attached hydrogen (secondary N) is 3. The number of anilines is 2. The number of hydrogen-bond acceptors (Lipinski definition) is 4. The molecule has 182 valence electrons. The van der Waals surface area contributed by atoms with Gasteiger partial charge in [0.1, 0.15) is 6.04 Å². The predicted octanol–water partition coefficient (Wildman–Crippen LogP) is 6.80. The van der Waals surface area contributed by atoms with Crippen molar-refractivity contribution >= 4 is 75.7 Å². The van der Waals surface area contributed by atoms with Gasteiger partial charge in [-0.25, -0.2) is 9.59 Å². The van der Waals surface area contributed by atoms with Crippen molar-refractivity contribution in [1.29, 1.82) is 0 Å². The van der Waals surface area contributed by atoms with E-state index < -0.39 is 23.9 Å². The molecule has 1 aliphatic rings. The molecule has 3 N–H and O–H groups in total. The predicted molar refractivity (Wildman–Crippen MR) is 135 cm³/mol. The third-order valence-electron chi connectivity index (χ3n) is 5.58. The van der Waals surface area contributed by atoms with Crippen LogP contribution in [-0.2, 0) is 9.53 Å². The Labute approximate surface area is 217 Å². The molecule has 0 unspecified atom stereocenters. The van der Waals surface area contributed by atoms with E-state index in [-0.39, 0.29) is 32.9 Å². The van der Waals surface area contributed by atoms with Crippen molar-refractivity contribution in [2.75, 3.05) is 17.7 Å². The number of ether oxygens (including phenoxy) is 1. The first-order valence-electron chi connectivity index (χ1n) is 10.6. The highest BCUT2D eigenvalue weighted by Gasteiger charge is 2.32. The van der Waals surface area contributed by atoms with Gasteiger partial charge in [0, 0.05) is 10.0 Å². The number of amides is 3. The third-order valence-corrected chi connectivity index (χ3v) is 6.63. The summed E-state index contributed by atoms with van der Waals surface area (Å²) in [5.41, 5.74) is 0.412. The number of carbonyl (C=O) groups excluding carboxylic acids is 3. The van der Waals surface area contributed by atoms with Crippen LogP contribution in [0.25, 0.3) is 0 Å². The number of esters is 1. The van der Waals surface area contributed by atoms with Crippen molar-refractivity contribution < 1.29 is 19.1 Å². The molecule has 34 heavy (non-hydrogen) atoms. The molecule has 1 fully saturated rings. The second-order valence-corrected chi connectivity index (χ2v) is 9.57. The van der Waals surface area contributed by atoms with E-state index in [0.29, 0.717) is 10.0 Å². The molecule has 0 aromatic heterocycles. The molecule has 1 saturated carbocycles. The zero-order valence-corrected chi connectivity index (χ0v) is 21.2. The van der Waals surface area contributed by atoms with Gasteiger partial charge < -0.3 is 20.7 Å². The largest absolute Gasteiger partial charge is 0.467 e. The number of urea groups is 1. The average molecular weight is 547 g/mol. The number of methoxy groups -OCH3 is 1. The molecule has 0 aliphatic heterocycles. The van der Waals surface area contributed by atoms with E-state index in [1.165, 1.54) is 37.4 Å². The molecule has 2 aromatic carbocycles. The summed E-state index contributed by atoms with van der Waals surface area (Å²) in [7, 11) is 1.29. The Kier molecular flexibility index (Phi) is 9.31. The minimum Gasteiger partial charge on any atom is -0.467 e. The van der Waals surface area contributed by atoms with Crippen molar-refractivity contribution in [2.24, 2.45) is 5.92 Å². The summed E-state index contributed by atoms with van der Waals surface area (Å²) < 4.78 is 4.92. The molecule has 1 atom stereocenters. The molecule has 0 bridgehead atoms. The van der Waals surface area contributed by atoms with Crippen molar-refractivity contribution in [3.8, 4) is 0 Å². The zero-order valence-electron chi connectivity index (χ0n) is 18.2. The van der Waals surface area contributed by atoms with Crippen LogP contribution in [0.1, 0.15) is 42.5 Å². The number of rotatable bonds is 6. The molecule has 0 spiro atoms. The quantitative estimate of drug-likeness (QED) is 0.347. The summed E-state index contributed by atoms with van der Waals surface area (Å²) in [6, 6.07) is 5.77. The minimum absolute atomic E-state index is 0.0219. The van der Waals surface area contributed by atoms with Gasteiger partial charge in [0.2, 0.25) is 0 Å². The van der Waals surface area contributed by atoms with E-state index in [1.54, 1.807) is 0 Å². The van der Waals surface area contributed by atoms with E-state index in [0.717, 1.165) is 32.1 Å². The van der Waals surface area contributed by atoms with Gasteiger partial charge in [-0.1, -0.05) is 65.7 Å². The summed E-state index contributed by atoms with van der Waals surface area (Å²) in [5.74, 6) is -1.07.